The van der Waals surface area contributed by atoms with Crippen LogP contribution in [-0.2, 0) is 6.61 Å². The summed E-state index contributed by atoms with van der Waals surface area (Å²) in [6.07, 6.45) is 1.41. The summed E-state index contributed by atoms with van der Waals surface area (Å²) in [6.45, 7) is 6.87. The third-order valence-corrected chi connectivity index (χ3v) is 5.21. The molecule has 0 aliphatic heterocycles. The molecule has 0 saturated heterocycles. The molecule has 7 heteroatoms. The lowest BCUT2D eigenvalue weighted by molar-refractivity contribution is 0.296. The van der Waals surface area contributed by atoms with Crippen molar-refractivity contribution in [2.45, 2.75) is 20.5 Å². The van der Waals surface area contributed by atoms with Crippen LogP contribution in [0.25, 0.3) is 11.8 Å². The monoisotopic (exact) mass is 463 g/mol. The van der Waals surface area contributed by atoms with Gasteiger partial charge in [-0.25, -0.2) is 13.2 Å². The number of rotatable bonds is 5. The van der Waals surface area contributed by atoms with Crippen LogP contribution in [0.2, 0.25) is 0 Å². The Labute approximate surface area is 174 Å². The fourth-order valence-electron chi connectivity index (χ4n) is 3.02. The normalized spacial score (nSPS) is 10.8. The molecule has 1 aromatic heterocycles. The van der Waals surface area contributed by atoms with E-state index in [1.165, 1.54) is 25.1 Å². The van der Waals surface area contributed by atoms with Gasteiger partial charge >= 0.3 is 0 Å². The zero-order valence-electron chi connectivity index (χ0n) is 15.7. The van der Waals surface area contributed by atoms with Crippen LogP contribution in [0.15, 0.2) is 52.2 Å². The summed E-state index contributed by atoms with van der Waals surface area (Å²) in [5.41, 5.74) is 0.457. The van der Waals surface area contributed by atoms with E-state index in [2.05, 4.69) is 22.5 Å². The van der Waals surface area contributed by atoms with Crippen molar-refractivity contribution in [2.75, 3.05) is 0 Å². The Morgan fingerprint density at radius 1 is 1.10 bits per heavy atom. The first-order chi connectivity index (χ1) is 13.8. The Balaban J connectivity index is 2.13. The van der Waals surface area contributed by atoms with E-state index in [0.717, 1.165) is 22.3 Å². The molecular weight excluding hydrogens is 447 g/mol. The van der Waals surface area contributed by atoms with Crippen LogP contribution in [-0.4, -0.2) is 4.57 Å². The average molecular weight is 464 g/mol. The molecule has 3 nitrogen and oxygen atoms in total. The van der Waals surface area contributed by atoms with Gasteiger partial charge in [-0.2, -0.15) is 0 Å². The highest BCUT2D eigenvalue weighted by atomic mass is 79.9. The Hall–Kier alpha value is -2.80. The maximum absolute atomic E-state index is 14.3. The number of hydrogen-bond acceptors (Lipinski definition) is 2. The van der Waals surface area contributed by atoms with Crippen molar-refractivity contribution in [3.8, 4) is 11.4 Å². The Bertz CT molecular complexity index is 1150. The summed E-state index contributed by atoms with van der Waals surface area (Å²) < 4.78 is 49.3. The second kappa shape index (κ2) is 8.29. The zero-order valence-corrected chi connectivity index (χ0v) is 17.3. The lowest BCUT2D eigenvalue weighted by atomic mass is 10.1. The molecule has 0 radical (unpaired) electrons. The average Bonchev–Trinajstić information content (AvgIpc) is 2.67. The van der Waals surface area contributed by atoms with Crippen molar-refractivity contribution in [1.29, 1.82) is 0 Å². The summed E-state index contributed by atoms with van der Waals surface area (Å²) in [6, 6.07) is 8.06. The Morgan fingerprint density at radius 2 is 1.76 bits per heavy atom. The van der Waals surface area contributed by atoms with Gasteiger partial charge in [-0.05, 0) is 53.5 Å². The van der Waals surface area contributed by atoms with Crippen LogP contribution in [0.3, 0.4) is 0 Å². The summed E-state index contributed by atoms with van der Waals surface area (Å²) in [5.74, 6) is -2.07. The van der Waals surface area contributed by atoms with E-state index in [0.29, 0.717) is 11.1 Å². The minimum absolute atomic E-state index is 0.0480. The highest BCUT2D eigenvalue weighted by molar-refractivity contribution is 9.10. The molecule has 29 heavy (non-hydrogen) atoms. The molecule has 3 rings (SSSR count). The number of aromatic nitrogens is 1. The molecule has 0 aliphatic rings. The van der Waals surface area contributed by atoms with E-state index in [1.807, 2.05) is 0 Å². The van der Waals surface area contributed by atoms with Crippen LogP contribution < -0.4 is 10.3 Å². The number of ether oxygens (including phenoxy) is 1. The third kappa shape index (κ3) is 3.87. The minimum atomic E-state index is -0.882. The molecule has 0 aliphatic carbocycles. The molecule has 0 unspecified atom stereocenters. The molecule has 0 atom stereocenters. The first-order valence-electron chi connectivity index (χ1n) is 8.66. The molecule has 0 saturated carbocycles. The van der Waals surface area contributed by atoms with Crippen molar-refractivity contribution in [2.24, 2.45) is 0 Å². The molecular formula is C22H17BrF3NO2. The molecule has 2 aromatic carbocycles. The van der Waals surface area contributed by atoms with Gasteiger partial charge in [0.2, 0.25) is 0 Å². The van der Waals surface area contributed by atoms with Crippen LogP contribution in [0.1, 0.15) is 22.4 Å². The van der Waals surface area contributed by atoms with Crippen LogP contribution in [0.4, 0.5) is 13.2 Å². The number of halogens is 4. The SMILES string of the molecule is C=Cc1c(OCc2ccc(C)cc2F)c(Br)c(=O)n(-c2c(F)cccc2F)c1C. The van der Waals surface area contributed by atoms with Crippen LogP contribution >= 0.6 is 15.9 Å². The molecule has 0 fully saturated rings. The van der Waals surface area contributed by atoms with E-state index >= 15 is 0 Å². The second-order valence-electron chi connectivity index (χ2n) is 6.44. The summed E-state index contributed by atoms with van der Waals surface area (Å²) in [4.78, 5) is 12.9. The fraction of sp³-hybridized carbons (Fsp3) is 0.136. The van der Waals surface area contributed by atoms with Crippen molar-refractivity contribution < 1.29 is 17.9 Å². The highest BCUT2D eigenvalue weighted by Gasteiger charge is 2.22. The largest absolute Gasteiger partial charge is 0.487 e. The molecule has 3 aromatic rings. The first kappa shape index (κ1) is 20.9. The quantitative estimate of drug-likeness (QED) is 0.474. The van der Waals surface area contributed by atoms with Gasteiger partial charge in [-0.15, -0.1) is 0 Å². The number of hydrogen-bond donors (Lipinski definition) is 0. The second-order valence-corrected chi connectivity index (χ2v) is 7.23. The number of pyridine rings is 1. The van der Waals surface area contributed by atoms with Gasteiger partial charge in [-0.1, -0.05) is 30.9 Å². The summed E-state index contributed by atoms with van der Waals surface area (Å²) in [7, 11) is 0. The Kier molecular flexibility index (Phi) is 5.98. The molecule has 0 spiro atoms. The fourth-order valence-corrected chi connectivity index (χ4v) is 3.53. The highest BCUT2D eigenvalue weighted by Crippen LogP contribution is 2.32. The van der Waals surface area contributed by atoms with E-state index in [4.69, 9.17) is 4.74 Å². The van der Waals surface area contributed by atoms with Gasteiger partial charge in [0.15, 0.2) is 0 Å². The maximum atomic E-state index is 14.3. The van der Waals surface area contributed by atoms with Gasteiger partial charge in [0, 0.05) is 16.8 Å². The van der Waals surface area contributed by atoms with Gasteiger partial charge in [0.25, 0.3) is 5.56 Å². The standard InChI is InChI=1S/C22H17BrF3NO2/c1-4-15-13(3)27(20-16(24)6-5-7-17(20)25)22(28)19(23)21(15)29-11-14-9-8-12(2)10-18(14)26/h4-10H,1,11H2,2-3H3. The molecule has 0 N–H and O–H groups in total. The van der Waals surface area contributed by atoms with Gasteiger partial charge in [0.1, 0.15) is 40.0 Å². The minimum Gasteiger partial charge on any atom is -0.487 e. The van der Waals surface area contributed by atoms with E-state index < -0.39 is 28.7 Å². The smallest absolute Gasteiger partial charge is 0.273 e. The third-order valence-electron chi connectivity index (χ3n) is 4.51. The Morgan fingerprint density at radius 3 is 2.34 bits per heavy atom. The lowest BCUT2D eigenvalue weighted by Gasteiger charge is -2.19. The number of benzene rings is 2. The molecule has 1 heterocycles. The number of aryl methyl sites for hydroxylation is 1. The predicted octanol–water partition coefficient (Wildman–Crippen LogP) is 5.86. The topological polar surface area (TPSA) is 31.2 Å². The van der Waals surface area contributed by atoms with Crippen molar-refractivity contribution in [3.05, 3.63) is 97.6 Å². The van der Waals surface area contributed by atoms with Crippen LogP contribution in [0, 0.1) is 31.3 Å². The van der Waals surface area contributed by atoms with Crippen molar-refractivity contribution >= 4 is 22.0 Å². The first-order valence-corrected chi connectivity index (χ1v) is 9.45. The summed E-state index contributed by atoms with van der Waals surface area (Å²) >= 11 is 3.16. The molecule has 0 amide bonds. The zero-order chi connectivity index (χ0) is 21.3. The molecule has 0 bridgehead atoms. The summed E-state index contributed by atoms with van der Waals surface area (Å²) in [5, 5.41) is 0. The predicted molar refractivity (Wildman–Crippen MR) is 110 cm³/mol. The van der Waals surface area contributed by atoms with E-state index in [9.17, 15) is 18.0 Å². The van der Waals surface area contributed by atoms with Crippen molar-refractivity contribution in [3.63, 3.8) is 0 Å². The van der Waals surface area contributed by atoms with Crippen LogP contribution in [0.5, 0.6) is 5.75 Å². The lowest BCUT2D eigenvalue weighted by Crippen LogP contribution is -2.25. The van der Waals surface area contributed by atoms with Gasteiger partial charge < -0.3 is 4.74 Å². The molecule has 150 valence electrons. The van der Waals surface area contributed by atoms with E-state index in [1.54, 1.807) is 19.1 Å². The number of para-hydroxylation sites is 1. The van der Waals surface area contributed by atoms with Crippen molar-refractivity contribution in [1.82, 2.24) is 4.57 Å². The van der Waals surface area contributed by atoms with Gasteiger partial charge in [-0.3, -0.25) is 9.36 Å². The maximum Gasteiger partial charge on any atom is 0.273 e. The van der Waals surface area contributed by atoms with E-state index in [-0.39, 0.29) is 22.5 Å². The number of nitrogens with zero attached hydrogens (tertiary/aromatic N) is 1. The van der Waals surface area contributed by atoms with Gasteiger partial charge in [0.05, 0.1) is 0 Å².